The Bertz CT molecular complexity index is 771. The zero-order chi connectivity index (χ0) is 23.8. The van der Waals surface area contributed by atoms with E-state index in [2.05, 4.69) is 5.32 Å². The normalized spacial score (nSPS) is 12.2. The minimum absolute atomic E-state index is 0.0780. The summed E-state index contributed by atoms with van der Waals surface area (Å²) in [4.78, 5) is 38.7. The highest BCUT2D eigenvalue weighted by Crippen LogP contribution is 2.26. The van der Waals surface area contributed by atoms with Crippen LogP contribution in [-0.4, -0.2) is 81.2 Å². The molecule has 5 N–H and O–H groups in total. The second-order valence-corrected chi connectivity index (χ2v) is 8.19. The number of anilines is 2. The Morgan fingerprint density at radius 3 is 2.06 bits per heavy atom. The third-order valence-corrected chi connectivity index (χ3v) is 4.70. The molecule has 0 saturated carbocycles. The van der Waals surface area contributed by atoms with Gasteiger partial charge in [-0.3, -0.25) is 4.79 Å². The summed E-state index contributed by atoms with van der Waals surface area (Å²) in [5, 5.41) is 39.7. The van der Waals surface area contributed by atoms with E-state index in [4.69, 9.17) is 5.11 Å². The second kappa shape index (κ2) is 11.5. The van der Waals surface area contributed by atoms with Crippen LogP contribution in [0.15, 0.2) is 18.2 Å². The maximum Gasteiger partial charge on any atom is 0.326 e. The Balaban J connectivity index is 3.14. The van der Waals surface area contributed by atoms with E-state index in [0.717, 1.165) is 16.2 Å². The highest BCUT2D eigenvalue weighted by atomic mass is 16.4. The lowest BCUT2D eigenvalue weighted by Gasteiger charge is -2.39. The summed E-state index contributed by atoms with van der Waals surface area (Å²) in [6.07, 6.45) is -0.596. The van der Waals surface area contributed by atoms with Crippen LogP contribution in [0.1, 0.15) is 39.2 Å². The fourth-order valence-electron chi connectivity index (χ4n) is 3.40. The molecule has 31 heavy (non-hydrogen) atoms. The highest BCUT2D eigenvalue weighted by molar-refractivity contribution is 5.93. The molecule has 174 valence electrons. The number of aliphatic hydroxyl groups excluding tert-OH is 2. The molecule has 10 nitrogen and oxygen atoms in total. The first-order valence-corrected chi connectivity index (χ1v) is 10.0. The summed E-state index contributed by atoms with van der Waals surface area (Å²) in [6, 6.07) is 3.15. The van der Waals surface area contributed by atoms with Crippen LogP contribution in [0.2, 0.25) is 0 Å². The van der Waals surface area contributed by atoms with E-state index in [9.17, 15) is 29.7 Å². The molecule has 0 heterocycles. The van der Waals surface area contributed by atoms with Gasteiger partial charge < -0.3 is 35.5 Å². The first-order valence-electron chi connectivity index (χ1n) is 10.0. The van der Waals surface area contributed by atoms with Gasteiger partial charge in [-0.2, -0.15) is 0 Å². The van der Waals surface area contributed by atoms with Crippen LogP contribution in [0.3, 0.4) is 0 Å². The molecule has 1 rings (SSSR count). The van der Waals surface area contributed by atoms with Crippen molar-refractivity contribution in [2.45, 2.75) is 52.1 Å². The molecular weight excluding hydrogens is 406 g/mol. The van der Waals surface area contributed by atoms with E-state index in [1.54, 1.807) is 39.0 Å². The topological polar surface area (TPSA) is 151 Å². The van der Waals surface area contributed by atoms with Crippen LogP contribution in [0.4, 0.5) is 16.2 Å². The van der Waals surface area contributed by atoms with Crippen LogP contribution >= 0.6 is 0 Å². The number of urea groups is 1. The molecular formula is C21H33N3O7. The third-order valence-electron chi connectivity index (χ3n) is 4.70. The number of aryl methyl sites for hydroxylation is 1. The Kier molecular flexibility index (Phi) is 9.73. The summed E-state index contributed by atoms with van der Waals surface area (Å²) >= 11 is 0. The second-order valence-electron chi connectivity index (χ2n) is 8.19. The zero-order valence-corrected chi connectivity index (χ0v) is 18.5. The van der Waals surface area contributed by atoms with Crippen LogP contribution in [0.25, 0.3) is 0 Å². The lowest BCUT2D eigenvalue weighted by Crippen LogP contribution is -2.56. The largest absolute Gasteiger partial charge is 0.481 e. The van der Waals surface area contributed by atoms with Gasteiger partial charge in [0.2, 0.25) is 0 Å². The van der Waals surface area contributed by atoms with E-state index >= 15 is 0 Å². The highest BCUT2D eigenvalue weighted by Gasteiger charge is 2.37. The average molecular weight is 440 g/mol. The lowest BCUT2D eigenvalue weighted by atomic mass is 10.0. The molecule has 0 spiro atoms. The number of hydrogen-bond donors (Lipinski definition) is 5. The van der Waals surface area contributed by atoms with Crippen LogP contribution in [0.5, 0.6) is 0 Å². The van der Waals surface area contributed by atoms with Crippen molar-refractivity contribution in [3.8, 4) is 0 Å². The lowest BCUT2D eigenvalue weighted by molar-refractivity contribution is -0.145. The molecule has 0 bridgehead atoms. The van der Waals surface area contributed by atoms with E-state index in [1.807, 2.05) is 11.8 Å². The predicted octanol–water partition coefficient (Wildman–Crippen LogP) is 1.74. The predicted molar refractivity (Wildman–Crippen MR) is 116 cm³/mol. The van der Waals surface area contributed by atoms with Gasteiger partial charge in [-0.1, -0.05) is 0 Å². The minimum Gasteiger partial charge on any atom is -0.481 e. The molecule has 0 aliphatic heterocycles. The molecule has 0 aliphatic carbocycles. The Morgan fingerprint density at radius 2 is 1.65 bits per heavy atom. The molecule has 0 saturated heterocycles. The van der Waals surface area contributed by atoms with Crippen molar-refractivity contribution in [3.05, 3.63) is 23.8 Å². The minimum atomic E-state index is -1.30. The van der Waals surface area contributed by atoms with Gasteiger partial charge in [0.15, 0.2) is 0 Å². The maximum atomic E-state index is 13.0. The Morgan fingerprint density at radius 1 is 1.06 bits per heavy atom. The van der Waals surface area contributed by atoms with Gasteiger partial charge in [0.25, 0.3) is 0 Å². The van der Waals surface area contributed by atoms with E-state index in [-0.39, 0.29) is 26.1 Å². The first-order chi connectivity index (χ1) is 14.4. The number of rotatable bonds is 11. The summed E-state index contributed by atoms with van der Waals surface area (Å²) in [5.74, 6) is -2.41. The number of nitrogens with one attached hydrogen (secondary N) is 1. The fraction of sp³-hybridized carbons (Fsp3) is 0.571. The number of aliphatic carboxylic acids is 2. The molecule has 0 aromatic heterocycles. The van der Waals surface area contributed by atoms with Gasteiger partial charge in [0.05, 0.1) is 13.2 Å². The van der Waals surface area contributed by atoms with Gasteiger partial charge >= 0.3 is 18.0 Å². The number of carbonyl (C=O) groups excluding carboxylic acids is 1. The number of benzene rings is 1. The molecule has 2 amide bonds. The smallest absolute Gasteiger partial charge is 0.326 e. The number of aliphatic hydroxyl groups is 2. The van der Waals surface area contributed by atoms with Gasteiger partial charge in [-0.15, -0.1) is 0 Å². The van der Waals surface area contributed by atoms with E-state index in [0.29, 0.717) is 18.8 Å². The molecule has 1 atom stereocenters. The van der Waals surface area contributed by atoms with Gasteiger partial charge in [0.1, 0.15) is 6.04 Å². The van der Waals surface area contributed by atoms with Crippen molar-refractivity contribution in [2.24, 2.45) is 0 Å². The van der Waals surface area contributed by atoms with Crippen LogP contribution in [-0.2, 0) is 9.59 Å². The monoisotopic (exact) mass is 439 g/mol. The van der Waals surface area contributed by atoms with Crippen LogP contribution in [0, 0.1) is 6.92 Å². The zero-order valence-electron chi connectivity index (χ0n) is 18.5. The standard InChI is InChI=1S/C21H33N3O7/c1-14-13-15(5-6-16(14)23(9-11-25)10-12-26)22-20(31)24(21(2,3)4)17(19(29)30)7-8-18(27)28/h5-6,13,17,25-26H,7-12H2,1-4H3,(H,22,31)(H,27,28)(H,29,30)/t17-/m0/s1. The number of carbonyl (C=O) groups is 3. The summed E-state index contributed by atoms with van der Waals surface area (Å²) in [6.45, 7) is 7.39. The summed E-state index contributed by atoms with van der Waals surface area (Å²) in [7, 11) is 0. The average Bonchev–Trinajstić information content (AvgIpc) is 2.63. The number of nitrogens with zero attached hydrogens (tertiary/aromatic N) is 2. The number of carboxylic acid groups (broad SMARTS) is 2. The van der Waals surface area contributed by atoms with Crippen molar-refractivity contribution in [1.29, 1.82) is 0 Å². The molecule has 0 unspecified atom stereocenters. The maximum absolute atomic E-state index is 13.0. The summed E-state index contributed by atoms with van der Waals surface area (Å²) in [5.41, 5.74) is 1.15. The third kappa shape index (κ3) is 7.72. The quantitative estimate of drug-likeness (QED) is 0.350. The Hall–Kier alpha value is -2.85. The van der Waals surface area contributed by atoms with E-state index < -0.39 is 29.6 Å². The van der Waals surface area contributed by atoms with Gasteiger partial charge in [-0.05, 0) is 57.9 Å². The van der Waals surface area contributed by atoms with Gasteiger partial charge in [0, 0.05) is 36.4 Å². The molecule has 10 heteroatoms. The van der Waals surface area contributed by atoms with Gasteiger partial charge in [-0.25, -0.2) is 9.59 Å². The number of amides is 2. The number of carboxylic acids is 2. The molecule has 1 aromatic carbocycles. The molecule has 0 radical (unpaired) electrons. The molecule has 0 fully saturated rings. The molecule has 1 aromatic rings. The fourth-order valence-corrected chi connectivity index (χ4v) is 3.40. The van der Waals surface area contributed by atoms with Crippen molar-refractivity contribution in [2.75, 3.05) is 36.5 Å². The van der Waals surface area contributed by atoms with Crippen LogP contribution < -0.4 is 10.2 Å². The first kappa shape index (κ1) is 26.2. The summed E-state index contributed by atoms with van der Waals surface area (Å²) < 4.78 is 0. The van der Waals surface area contributed by atoms with Crippen molar-refractivity contribution < 1.29 is 34.8 Å². The number of hydrogen-bond acceptors (Lipinski definition) is 6. The van der Waals surface area contributed by atoms with Crippen molar-refractivity contribution in [3.63, 3.8) is 0 Å². The van der Waals surface area contributed by atoms with E-state index in [1.165, 1.54) is 0 Å². The van der Waals surface area contributed by atoms with Crippen molar-refractivity contribution in [1.82, 2.24) is 4.90 Å². The molecule has 0 aliphatic rings. The Labute approximate surface area is 182 Å². The van der Waals surface area contributed by atoms with Crippen molar-refractivity contribution >= 4 is 29.3 Å². The SMILES string of the molecule is Cc1cc(NC(=O)N([C@@H](CCC(=O)O)C(=O)O)C(C)(C)C)ccc1N(CCO)CCO.